The van der Waals surface area contributed by atoms with Crippen molar-refractivity contribution >= 4 is 34.4 Å². The summed E-state index contributed by atoms with van der Waals surface area (Å²) in [6.07, 6.45) is 1.93. The van der Waals surface area contributed by atoms with Gasteiger partial charge in [0.25, 0.3) is 0 Å². The van der Waals surface area contributed by atoms with Crippen LogP contribution in [0.5, 0.6) is 0 Å². The van der Waals surface area contributed by atoms with Crippen molar-refractivity contribution in [1.29, 1.82) is 0 Å². The number of esters is 2. The Morgan fingerprint density at radius 3 is 2.19 bits per heavy atom. The molecule has 0 radical (unpaired) electrons. The van der Waals surface area contributed by atoms with E-state index in [0.29, 0.717) is 0 Å². The highest BCUT2D eigenvalue weighted by Crippen LogP contribution is 2.18. The molecule has 0 aromatic heterocycles. The molecule has 26 heavy (non-hydrogen) atoms. The Kier molecular flexibility index (Phi) is 8.48. The summed E-state index contributed by atoms with van der Waals surface area (Å²) >= 11 is 0. The van der Waals surface area contributed by atoms with E-state index in [0.717, 1.165) is 25.9 Å². The topological polar surface area (TPSA) is 111 Å². The van der Waals surface area contributed by atoms with Crippen molar-refractivity contribution in [3.05, 3.63) is 29.3 Å². The van der Waals surface area contributed by atoms with Crippen LogP contribution in [-0.2, 0) is 19.5 Å². The number of ether oxygens (including phenoxy) is 2. The highest BCUT2D eigenvalue weighted by atomic mass is 35.5. The molecule has 1 aromatic rings. The molecular formula is C16H23ClN2O6S. The van der Waals surface area contributed by atoms with Crippen molar-refractivity contribution in [3.63, 3.8) is 0 Å². The second-order valence-corrected chi connectivity index (χ2v) is 7.56. The Hall–Kier alpha value is -1.68. The van der Waals surface area contributed by atoms with Gasteiger partial charge in [0.15, 0.2) is 0 Å². The summed E-state index contributed by atoms with van der Waals surface area (Å²) in [6.45, 7) is 1.97. The van der Waals surface area contributed by atoms with Crippen LogP contribution in [0, 0.1) is 5.92 Å². The fourth-order valence-corrected chi connectivity index (χ4v) is 3.82. The number of benzene rings is 1. The first kappa shape index (κ1) is 22.4. The third-order valence-corrected chi connectivity index (χ3v) is 5.42. The highest BCUT2D eigenvalue weighted by Gasteiger charge is 2.22. The van der Waals surface area contributed by atoms with E-state index in [2.05, 4.69) is 19.5 Å². The Balaban J connectivity index is 0.00000338. The molecule has 1 unspecified atom stereocenters. The number of carbonyl (C=O) groups is 2. The number of piperidine rings is 1. The second-order valence-electron chi connectivity index (χ2n) is 5.79. The maximum Gasteiger partial charge on any atom is 0.337 e. The molecule has 1 aliphatic rings. The number of carbonyl (C=O) groups excluding carboxylic acids is 2. The number of halogens is 1. The normalized spacial score (nSPS) is 17.1. The minimum atomic E-state index is -3.88. The van der Waals surface area contributed by atoms with Crippen LogP contribution in [0.25, 0.3) is 0 Å². The molecular weight excluding hydrogens is 384 g/mol. The maximum atomic E-state index is 12.6. The summed E-state index contributed by atoms with van der Waals surface area (Å²) in [5.74, 6) is -1.27. The lowest BCUT2D eigenvalue weighted by Gasteiger charge is -2.22. The van der Waals surface area contributed by atoms with Crippen LogP contribution in [0.1, 0.15) is 33.6 Å². The standard InChI is InChI=1S/C16H22N2O6S.ClH/c1-23-15(19)12-6-13(16(20)24-2)8-14(7-12)25(21,22)18-10-11-4-3-5-17-9-11;/h6-8,11,17-18H,3-5,9-10H2,1-2H3;1H. The van der Waals surface area contributed by atoms with Crippen LogP contribution < -0.4 is 10.0 Å². The first-order valence-electron chi connectivity index (χ1n) is 7.89. The molecule has 0 spiro atoms. The minimum absolute atomic E-state index is 0. The van der Waals surface area contributed by atoms with Crippen molar-refractivity contribution in [1.82, 2.24) is 10.0 Å². The molecule has 1 fully saturated rings. The molecule has 1 atom stereocenters. The van der Waals surface area contributed by atoms with Crippen LogP contribution in [0.2, 0.25) is 0 Å². The average molecular weight is 407 g/mol. The molecule has 1 aliphatic heterocycles. The summed E-state index contributed by atoms with van der Waals surface area (Å²) in [5, 5.41) is 3.22. The van der Waals surface area contributed by atoms with Crippen LogP contribution >= 0.6 is 12.4 Å². The lowest BCUT2D eigenvalue weighted by molar-refractivity contribution is 0.0598. The van der Waals surface area contributed by atoms with Gasteiger partial charge in [-0.2, -0.15) is 0 Å². The van der Waals surface area contributed by atoms with Gasteiger partial charge in [-0.1, -0.05) is 0 Å². The Morgan fingerprint density at radius 2 is 1.73 bits per heavy atom. The number of sulfonamides is 1. The van der Waals surface area contributed by atoms with Crippen molar-refractivity contribution < 1.29 is 27.5 Å². The first-order chi connectivity index (χ1) is 11.9. The van der Waals surface area contributed by atoms with Gasteiger partial charge in [-0.05, 0) is 50.0 Å². The molecule has 0 saturated carbocycles. The van der Waals surface area contributed by atoms with Gasteiger partial charge in [-0.25, -0.2) is 22.7 Å². The zero-order valence-electron chi connectivity index (χ0n) is 14.6. The number of hydrogen-bond acceptors (Lipinski definition) is 7. The summed E-state index contributed by atoms with van der Waals surface area (Å²) in [7, 11) is -1.53. The van der Waals surface area contributed by atoms with Crippen LogP contribution in [0.4, 0.5) is 0 Å². The van der Waals surface area contributed by atoms with E-state index in [1.54, 1.807) is 0 Å². The monoisotopic (exact) mass is 406 g/mol. The van der Waals surface area contributed by atoms with Gasteiger partial charge in [0, 0.05) is 6.54 Å². The second kappa shape index (κ2) is 9.86. The van der Waals surface area contributed by atoms with Gasteiger partial charge in [0.2, 0.25) is 10.0 Å². The Bertz CT molecular complexity index is 713. The van der Waals surface area contributed by atoms with Gasteiger partial charge in [0.05, 0.1) is 30.2 Å². The molecule has 8 nitrogen and oxygen atoms in total. The van der Waals surface area contributed by atoms with Gasteiger partial charge < -0.3 is 14.8 Å². The summed E-state index contributed by atoms with van der Waals surface area (Å²) < 4.78 is 36.9. The zero-order valence-corrected chi connectivity index (χ0v) is 16.2. The molecule has 10 heteroatoms. The first-order valence-corrected chi connectivity index (χ1v) is 9.38. The molecule has 1 saturated heterocycles. The number of methoxy groups -OCH3 is 2. The average Bonchev–Trinajstić information content (AvgIpc) is 2.65. The number of hydrogen-bond donors (Lipinski definition) is 2. The molecule has 0 aliphatic carbocycles. The third kappa shape index (κ3) is 5.66. The molecule has 2 rings (SSSR count). The van der Waals surface area contributed by atoms with E-state index in [4.69, 9.17) is 0 Å². The van der Waals surface area contributed by atoms with E-state index in [1.807, 2.05) is 0 Å². The number of nitrogens with one attached hydrogen (secondary N) is 2. The van der Waals surface area contributed by atoms with Crippen molar-refractivity contribution in [2.75, 3.05) is 33.9 Å². The van der Waals surface area contributed by atoms with Crippen LogP contribution in [0.3, 0.4) is 0 Å². The Labute approximate surface area is 159 Å². The van der Waals surface area contributed by atoms with Gasteiger partial charge in [-0.3, -0.25) is 0 Å². The van der Waals surface area contributed by atoms with Gasteiger partial charge >= 0.3 is 11.9 Å². The minimum Gasteiger partial charge on any atom is -0.465 e. The SMILES string of the molecule is COC(=O)c1cc(C(=O)OC)cc(S(=O)(=O)NCC2CCCNC2)c1.Cl. The van der Waals surface area contributed by atoms with E-state index in [-0.39, 0.29) is 40.9 Å². The van der Waals surface area contributed by atoms with Gasteiger partial charge in [0.1, 0.15) is 0 Å². The highest BCUT2D eigenvalue weighted by molar-refractivity contribution is 7.89. The van der Waals surface area contributed by atoms with E-state index in [9.17, 15) is 18.0 Å². The predicted octanol–water partition coefficient (Wildman–Crippen LogP) is 0.960. The van der Waals surface area contributed by atoms with Crippen molar-refractivity contribution in [3.8, 4) is 0 Å². The molecule has 1 aromatic carbocycles. The van der Waals surface area contributed by atoms with Crippen molar-refractivity contribution in [2.45, 2.75) is 17.7 Å². The van der Waals surface area contributed by atoms with E-state index >= 15 is 0 Å². The lowest BCUT2D eigenvalue weighted by atomic mass is 10.0. The third-order valence-electron chi connectivity index (χ3n) is 4.02. The van der Waals surface area contributed by atoms with E-state index in [1.165, 1.54) is 32.4 Å². The predicted molar refractivity (Wildman–Crippen MR) is 97.2 cm³/mol. The molecule has 0 bridgehead atoms. The fraction of sp³-hybridized carbons (Fsp3) is 0.500. The summed E-state index contributed by atoms with van der Waals surface area (Å²) in [4.78, 5) is 23.3. The Morgan fingerprint density at radius 1 is 1.15 bits per heavy atom. The number of rotatable bonds is 6. The summed E-state index contributed by atoms with van der Waals surface area (Å²) in [6, 6.07) is 3.60. The maximum absolute atomic E-state index is 12.6. The van der Waals surface area contributed by atoms with Gasteiger partial charge in [-0.15, -0.1) is 12.4 Å². The van der Waals surface area contributed by atoms with Crippen molar-refractivity contribution in [2.24, 2.45) is 5.92 Å². The zero-order chi connectivity index (χ0) is 18.4. The van der Waals surface area contributed by atoms with Crippen LogP contribution in [-0.4, -0.2) is 54.2 Å². The molecule has 2 N–H and O–H groups in total. The molecule has 0 amide bonds. The summed E-state index contributed by atoms with van der Waals surface area (Å²) in [5.41, 5.74) is -0.0739. The quantitative estimate of drug-likeness (QED) is 0.677. The largest absolute Gasteiger partial charge is 0.465 e. The fourth-order valence-electron chi connectivity index (χ4n) is 2.63. The molecule has 1 heterocycles. The van der Waals surface area contributed by atoms with Crippen LogP contribution in [0.15, 0.2) is 23.1 Å². The lowest BCUT2D eigenvalue weighted by Crippen LogP contribution is -2.38. The molecule has 146 valence electrons. The smallest absolute Gasteiger partial charge is 0.337 e. The van der Waals surface area contributed by atoms with E-state index < -0.39 is 22.0 Å².